The van der Waals surface area contributed by atoms with Crippen molar-refractivity contribution >= 4 is 5.91 Å². The van der Waals surface area contributed by atoms with Crippen LogP contribution in [0.4, 0.5) is 0 Å². The fourth-order valence-electron chi connectivity index (χ4n) is 1.76. The second-order valence-corrected chi connectivity index (χ2v) is 4.52. The predicted octanol–water partition coefficient (Wildman–Crippen LogP) is 1.32. The zero-order valence-electron chi connectivity index (χ0n) is 11.0. The van der Waals surface area contributed by atoms with Gasteiger partial charge in [-0.2, -0.15) is 0 Å². The molecule has 0 spiro atoms. The molecule has 0 aromatic carbocycles. The Labute approximate surface area is 103 Å². The summed E-state index contributed by atoms with van der Waals surface area (Å²) in [5, 5.41) is 2.94. The van der Waals surface area contributed by atoms with Gasteiger partial charge < -0.3 is 15.6 Å². The minimum atomic E-state index is 0.0844. The molecule has 3 N–H and O–H groups in total. The highest BCUT2D eigenvalue weighted by molar-refractivity contribution is 5.76. The molecule has 0 fully saturated rings. The summed E-state index contributed by atoms with van der Waals surface area (Å²) in [7, 11) is 2.01. The van der Waals surface area contributed by atoms with Crippen LogP contribution in [0, 0.1) is 12.8 Å². The molecule has 0 radical (unpaired) electrons. The van der Waals surface area contributed by atoms with Crippen molar-refractivity contribution in [2.75, 3.05) is 6.54 Å². The summed E-state index contributed by atoms with van der Waals surface area (Å²) >= 11 is 0. The van der Waals surface area contributed by atoms with E-state index in [1.807, 2.05) is 20.0 Å². The normalized spacial score (nSPS) is 12.5. The average molecular weight is 237 g/mol. The highest BCUT2D eigenvalue weighted by Crippen LogP contribution is 2.07. The molecule has 0 aliphatic heterocycles. The molecule has 0 aliphatic rings. The second-order valence-electron chi connectivity index (χ2n) is 4.52. The van der Waals surface area contributed by atoms with E-state index in [9.17, 15) is 4.79 Å². The molecule has 1 atom stereocenters. The van der Waals surface area contributed by atoms with Crippen molar-refractivity contribution in [2.45, 2.75) is 33.2 Å². The molecule has 0 bridgehead atoms. The lowest BCUT2D eigenvalue weighted by atomic mass is 10.0. The van der Waals surface area contributed by atoms with E-state index in [1.54, 1.807) is 0 Å². The van der Waals surface area contributed by atoms with Crippen LogP contribution in [0.15, 0.2) is 12.1 Å². The molecule has 1 aromatic heterocycles. The maximum Gasteiger partial charge on any atom is 0.220 e. The van der Waals surface area contributed by atoms with Crippen LogP contribution >= 0.6 is 0 Å². The molecule has 4 nitrogen and oxygen atoms in total. The predicted molar refractivity (Wildman–Crippen MR) is 69.4 cm³/mol. The van der Waals surface area contributed by atoms with Crippen LogP contribution in [-0.2, 0) is 18.4 Å². The molecule has 17 heavy (non-hydrogen) atoms. The topological polar surface area (TPSA) is 60.1 Å². The summed E-state index contributed by atoms with van der Waals surface area (Å²) in [6.45, 7) is 5.27. The number of hydrogen-bond donors (Lipinski definition) is 2. The van der Waals surface area contributed by atoms with Crippen LogP contribution in [0.5, 0.6) is 0 Å². The molecule has 1 unspecified atom stereocenters. The van der Waals surface area contributed by atoms with E-state index >= 15 is 0 Å². The van der Waals surface area contributed by atoms with Gasteiger partial charge in [-0.05, 0) is 31.5 Å². The van der Waals surface area contributed by atoms with E-state index < -0.39 is 0 Å². The van der Waals surface area contributed by atoms with E-state index in [1.165, 1.54) is 5.69 Å². The third kappa shape index (κ3) is 3.89. The Hall–Kier alpha value is -1.29. The van der Waals surface area contributed by atoms with Crippen LogP contribution < -0.4 is 11.1 Å². The van der Waals surface area contributed by atoms with Crippen LogP contribution in [0.1, 0.15) is 31.2 Å². The fraction of sp³-hybridized carbons (Fsp3) is 0.615. The highest BCUT2D eigenvalue weighted by atomic mass is 16.1. The Kier molecular flexibility index (Phi) is 5.22. The van der Waals surface area contributed by atoms with Crippen molar-refractivity contribution < 1.29 is 4.79 Å². The first-order chi connectivity index (χ1) is 8.08. The second kappa shape index (κ2) is 6.45. The Morgan fingerprint density at radius 2 is 2.24 bits per heavy atom. The van der Waals surface area contributed by atoms with Crippen LogP contribution in [0.25, 0.3) is 0 Å². The Morgan fingerprint density at radius 3 is 2.71 bits per heavy atom. The van der Waals surface area contributed by atoms with Gasteiger partial charge >= 0.3 is 0 Å². The summed E-state index contributed by atoms with van der Waals surface area (Å²) in [5.41, 5.74) is 7.90. The van der Waals surface area contributed by atoms with Gasteiger partial charge in [0.05, 0.1) is 6.54 Å². The molecule has 0 saturated heterocycles. The number of carbonyl (C=O) groups excluding carboxylic acids is 1. The van der Waals surface area contributed by atoms with Crippen LogP contribution in [-0.4, -0.2) is 17.0 Å². The van der Waals surface area contributed by atoms with E-state index in [2.05, 4.69) is 22.9 Å². The van der Waals surface area contributed by atoms with E-state index in [0.717, 1.165) is 12.1 Å². The molecule has 1 aromatic rings. The lowest BCUT2D eigenvalue weighted by Crippen LogP contribution is -2.28. The summed E-state index contributed by atoms with van der Waals surface area (Å²) in [6, 6.07) is 4.09. The fourth-order valence-corrected chi connectivity index (χ4v) is 1.76. The first-order valence-electron chi connectivity index (χ1n) is 6.16. The van der Waals surface area contributed by atoms with Gasteiger partial charge in [0, 0.05) is 24.9 Å². The summed E-state index contributed by atoms with van der Waals surface area (Å²) in [6.07, 6.45) is 1.48. The van der Waals surface area contributed by atoms with Gasteiger partial charge in [-0.15, -0.1) is 0 Å². The smallest absolute Gasteiger partial charge is 0.220 e. The molecule has 1 heterocycles. The third-order valence-electron chi connectivity index (χ3n) is 3.33. The number of amides is 1. The molecular weight excluding hydrogens is 214 g/mol. The molecule has 0 saturated carbocycles. The van der Waals surface area contributed by atoms with Crippen LogP contribution in [0.2, 0.25) is 0 Å². The van der Waals surface area contributed by atoms with Crippen LogP contribution in [0.3, 0.4) is 0 Å². The number of aromatic nitrogens is 1. The molecular formula is C13H23N3O. The molecule has 4 heteroatoms. The SMILES string of the molecule is CCC(CN)CC(=O)NCc1ccc(C)n1C. The van der Waals surface area contributed by atoms with Gasteiger partial charge in [0.1, 0.15) is 0 Å². The number of rotatable bonds is 6. The highest BCUT2D eigenvalue weighted by Gasteiger charge is 2.10. The maximum atomic E-state index is 11.7. The summed E-state index contributed by atoms with van der Waals surface area (Å²) in [5.74, 6) is 0.381. The van der Waals surface area contributed by atoms with E-state index in [0.29, 0.717) is 25.4 Å². The minimum Gasteiger partial charge on any atom is -0.351 e. The molecule has 0 aliphatic carbocycles. The lowest BCUT2D eigenvalue weighted by molar-refractivity contribution is -0.122. The van der Waals surface area contributed by atoms with Crippen molar-refractivity contribution in [3.63, 3.8) is 0 Å². The van der Waals surface area contributed by atoms with Gasteiger partial charge in [-0.1, -0.05) is 13.3 Å². The number of carbonyl (C=O) groups is 1. The van der Waals surface area contributed by atoms with Gasteiger partial charge in [0.2, 0.25) is 5.91 Å². The van der Waals surface area contributed by atoms with Crippen molar-refractivity contribution in [3.8, 4) is 0 Å². The van der Waals surface area contributed by atoms with Crippen molar-refractivity contribution in [3.05, 3.63) is 23.5 Å². The quantitative estimate of drug-likeness (QED) is 0.784. The minimum absolute atomic E-state index is 0.0844. The summed E-state index contributed by atoms with van der Waals surface area (Å²) in [4.78, 5) is 11.7. The monoisotopic (exact) mass is 237 g/mol. The number of nitrogens with two attached hydrogens (primary N) is 1. The number of aryl methyl sites for hydroxylation is 1. The number of nitrogens with one attached hydrogen (secondary N) is 1. The van der Waals surface area contributed by atoms with E-state index in [-0.39, 0.29) is 5.91 Å². The molecule has 1 rings (SSSR count). The zero-order valence-corrected chi connectivity index (χ0v) is 11.0. The number of hydrogen-bond acceptors (Lipinski definition) is 2. The third-order valence-corrected chi connectivity index (χ3v) is 3.33. The van der Waals surface area contributed by atoms with Crippen molar-refractivity contribution in [2.24, 2.45) is 18.7 Å². The number of nitrogens with zero attached hydrogens (tertiary/aromatic N) is 1. The average Bonchev–Trinajstić information content (AvgIpc) is 2.64. The van der Waals surface area contributed by atoms with Gasteiger partial charge in [-0.25, -0.2) is 0 Å². The Morgan fingerprint density at radius 1 is 1.53 bits per heavy atom. The van der Waals surface area contributed by atoms with Gasteiger partial charge in [0.25, 0.3) is 0 Å². The Balaban J connectivity index is 2.40. The van der Waals surface area contributed by atoms with E-state index in [4.69, 9.17) is 5.73 Å². The van der Waals surface area contributed by atoms with Crippen molar-refractivity contribution in [1.29, 1.82) is 0 Å². The molecule has 1 amide bonds. The maximum absolute atomic E-state index is 11.7. The van der Waals surface area contributed by atoms with Crippen molar-refractivity contribution in [1.82, 2.24) is 9.88 Å². The first kappa shape index (κ1) is 13.8. The van der Waals surface area contributed by atoms with Gasteiger partial charge in [0.15, 0.2) is 0 Å². The Bertz CT molecular complexity index is 367. The summed E-state index contributed by atoms with van der Waals surface area (Å²) < 4.78 is 2.08. The standard InChI is InChI=1S/C13H23N3O/c1-4-11(8-14)7-13(17)15-9-12-6-5-10(2)16(12)3/h5-6,11H,4,7-9,14H2,1-3H3,(H,15,17). The largest absolute Gasteiger partial charge is 0.351 e. The molecule has 96 valence electrons. The van der Waals surface area contributed by atoms with Gasteiger partial charge in [-0.3, -0.25) is 4.79 Å². The zero-order chi connectivity index (χ0) is 12.8. The lowest BCUT2D eigenvalue weighted by Gasteiger charge is -2.12. The first-order valence-corrected chi connectivity index (χ1v) is 6.16.